The average Bonchev–Trinajstić information content (AvgIpc) is 2.83. The fourth-order valence-electron chi connectivity index (χ4n) is 2.66. The van der Waals surface area contributed by atoms with Gasteiger partial charge in [-0.1, -0.05) is 6.07 Å². The Morgan fingerprint density at radius 3 is 2.25 bits per heavy atom. The fraction of sp³-hybridized carbons (Fsp3) is 0.294. The summed E-state index contributed by atoms with van der Waals surface area (Å²) in [5.41, 5.74) is 3.44. The summed E-state index contributed by atoms with van der Waals surface area (Å²) in [4.78, 5) is 27.8. The Bertz CT molecular complexity index is 936. The van der Waals surface area contributed by atoms with Crippen LogP contribution in [-0.2, 0) is 20.1 Å². The maximum atomic E-state index is 11.8. The highest BCUT2D eigenvalue weighted by molar-refractivity contribution is 5.74. The molecule has 3 aromatic rings. The van der Waals surface area contributed by atoms with Crippen molar-refractivity contribution in [3.63, 3.8) is 0 Å². The zero-order valence-electron chi connectivity index (χ0n) is 13.9. The molecule has 3 rings (SSSR count). The van der Waals surface area contributed by atoms with Crippen molar-refractivity contribution in [1.82, 2.24) is 14.8 Å². The minimum Gasteiger partial charge on any atom is -0.376 e. The smallest absolute Gasteiger partial charge is 0.253 e. The molecular weight excluding hydrogens is 306 g/mol. The molecule has 1 aromatic carbocycles. The molecule has 2 heterocycles. The summed E-state index contributed by atoms with van der Waals surface area (Å²) in [7, 11) is 1.88. The Morgan fingerprint density at radius 1 is 1.04 bits per heavy atom. The monoisotopic (exact) mass is 325 g/mol. The molecule has 0 amide bonds. The van der Waals surface area contributed by atoms with Gasteiger partial charge in [-0.05, 0) is 26.0 Å². The van der Waals surface area contributed by atoms with Gasteiger partial charge in [-0.2, -0.15) is 5.10 Å². The largest absolute Gasteiger partial charge is 0.376 e. The molecule has 7 heteroatoms. The van der Waals surface area contributed by atoms with E-state index in [0.29, 0.717) is 24.5 Å². The van der Waals surface area contributed by atoms with Gasteiger partial charge in [0.15, 0.2) is 0 Å². The highest BCUT2D eigenvalue weighted by atomic mass is 16.2. The Morgan fingerprint density at radius 2 is 1.71 bits per heavy atom. The lowest BCUT2D eigenvalue weighted by molar-refractivity contribution is 0.730. The molecule has 2 aromatic heterocycles. The van der Waals surface area contributed by atoms with Crippen molar-refractivity contribution in [3.8, 4) is 0 Å². The molecule has 0 saturated heterocycles. The summed E-state index contributed by atoms with van der Waals surface area (Å²) in [5, 5.41) is 10.4. The summed E-state index contributed by atoms with van der Waals surface area (Å²) in [6, 6.07) is 5.56. The molecule has 0 fully saturated rings. The number of anilines is 2. The highest BCUT2D eigenvalue weighted by Gasteiger charge is 2.21. The van der Waals surface area contributed by atoms with Gasteiger partial charge >= 0.3 is 0 Å². The lowest BCUT2D eigenvalue weighted by Gasteiger charge is -2.15. The van der Waals surface area contributed by atoms with Crippen molar-refractivity contribution >= 4 is 11.4 Å². The number of aromatic nitrogens is 3. The Labute approximate surface area is 139 Å². The third-order valence-corrected chi connectivity index (χ3v) is 4.18. The van der Waals surface area contributed by atoms with Crippen LogP contribution in [0.4, 0.5) is 11.4 Å². The molecule has 0 saturated carbocycles. The van der Waals surface area contributed by atoms with Crippen molar-refractivity contribution in [1.29, 1.82) is 0 Å². The number of aryl methyl sites for hydroxylation is 2. The summed E-state index contributed by atoms with van der Waals surface area (Å²) in [5.74, 6) is 0. The molecule has 2 N–H and O–H groups in total. The van der Waals surface area contributed by atoms with E-state index in [4.69, 9.17) is 0 Å². The van der Waals surface area contributed by atoms with Gasteiger partial charge in [0.25, 0.3) is 10.9 Å². The minimum absolute atomic E-state index is 0.324. The standard InChI is InChI=1S/C17H19N5O2/c1-10-13(11(2)22(3)21-10)9-20-15-14(16(23)17(15)24)19-8-12-6-4-5-7-18-12/h4-7,19-20H,8-9H2,1-3H3. The van der Waals surface area contributed by atoms with E-state index in [1.165, 1.54) is 0 Å². The average molecular weight is 325 g/mol. The van der Waals surface area contributed by atoms with Crippen LogP contribution in [0.15, 0.2) is 34.0 Å². The van der Waals surface area contributed by atoms with Crippen LogP contribution in [0.2, 0.25) is 0 Å². The maximum Gasteiger partial charge on any atom is 0.253 e. The zero-order valence-corrected chi connectivity index (χ0v) is 13.9. The summed E-state index contributed by atoms with van der Waals surface area (Å²) in [6.45, 7) is 4.74. The maximum absolute atomic E-state index is 11.8. The lowest BCUT2D eigenvalue weighted by atomic mass is 10.1. The molecule has 0 unspecified atom stereocenters. The van der Waals surface area contributed by atoms with Gasteiger partial charge < -0.3 is 10.6 Å². The second-order valence-corrected chi connectivity index (χ2v) is 5.71. The van der Waals surface area contributed by atoms with Crippen molar-refractivity contribution in [2.24, 2.45) is 7.05 Å². The topological polar surface area (TPSA) is 88.9 Å². The first kappa shape index (κ1) is 15.9. The van der Waals surface area contributed by atoms with Gasteiger partial charge in [-0.3, -0.25) is 19.3 Å². The van der Waals surface area contributed by atoms with E-state index in [0.717, 1.165) is 22.6 Å². The second kappa shape index (κ2) is 6.27. The van der Waals surface area contributed by atoms with E-state index in [1.807, 2.05) is 39.1 Å². The van der Waals surface area contributed by atoms with Crippen molar-refractivity contribution < 1.29 is 0 Å². The number of nitrogens with zero attached hydrogens (tertiary/aromatic N) is 3. The Balaban J connectivity index is 1.72. The third kappa shape index (κ3) is 2.80. The SMILES string of the molecule is Cc1nn(C)c(C)c1CNc1c(NCc2ccccn2)c(=O)c1=O. The van der Waals surface area contributed by atoms with Gasteiger partial charge in [0, 0.05) is 31.0 Å². The first-order valence-corrected chi connectivity index (χ1v) is 7.69. The van der Waals surface area contributed by atoms with E-state index in [-0.39, 0.29) is 0 Å². The number of nitrogens with one attached hydrogen (secondary N) is 2. The van der Waals surface area contributed by atoms with Crippen LogP contribution in [0.5, 0.6) is 0 Å². The highest BCUT2D eigenvalue weighted by Crippen LogP contribution is 2.18. The van der Waals surface area contributed by atoms with Gasteiger partial charge in [-0.25, -0.2) is 0 Å². The first-order chi connectivity index (χ1) is 11.5. The van der Waals surface area contributed by atoms with Crippen LogP contribution in [0.25, 0.3) is 0 Å². The Kier molecular flexibility index (Phi) is 4.16. The summed E-state index contributed by atoms with van der Waals surface area (Å²) >= 11 is 0. The van der Waals surface area contributed by atoms with E-state index >= 15 is 0 Å². The quantitative estimate of drug-likeness (QED) is 0.663. The minimum atomic E-state index is -0.493. The van der Waals surface area contributed by atoms with E-state index in [2.05, 4.69) is 20.7 Å². The molecule has 24 heavy (non-hydrogen) atoms. The van der Waals surface area contributed by atoms with Crippen molar-refractivity contribution in [3.05, 3.63) is 67.5 Å². The molecule has 0 atom stereocenters. The van der Waals surface area contributed by atoms with Crippen molar-refractivity contribution in [2.75, 3.05) is 10.6 Å². The molecule has 124 valence electrons. The van der Waals surface area contributed by atoms with E-state index in [9.17, 15) is 9.59 Å². The van der Waals surface area contributed by atoms with Crippen molar-refractivity contribution in [2.45, 2.75) is 26.9 Å². The molecule has 0 aliphatic rings. The molecule has 0 aliphatic carbocycles. The van der Waals surface area contributed by atoms with Crippen LogP contribution in [0, 0.1) is 13.8 Å². The summed E-state index contributed by atoms with van der Waals surface area (Å²) < 4.78 is 1.80. The van der Waals surface area contributed by atoms with Crippen LogP contribution in [0.1, 0.15) is 22.6 Å². The molecule has 0 spiro atoms. The third-order valence-electron chi connectivity index (χ3n) is 4.18. The molecule has 7 nitrogen and oxygen atoms in total. The fourth-order valence-corrected chi connectivity index (χ4v) is 2.66. The molecular formula is C17H19N5O2. The second-order valence-electron chi connectivity index (χ2n) is 5.71. The first-order valence-electron chi connectivity index (χ1n) is 7.69. The van der Waals surface area contributed by atoms with Crippen LogP contribution < -0.4 is 21.5 Å². The van der Waals surface area contributed by atoms with Gasteiger partial charge in [-0.15, -0.1) is 0 Å². The van der Waals surface area contributed by atoms with E-state index in [1.54, 1.807) is 10.9 Å². The van der Waals surface area contributed by atoms with Crippen LogP contribution in [-0.4, -0.2) is 14.8 Å². The van der Waals surface area contributed by atoms with Crippen LogP contribution in [0.3, 0.4) is 0 Å². The summed E-state index contributed by atoms with van der Waals surface area (Å²) in [6.07, 6.45) is 1.69. The van der Waals surface area contributed by atoms with Gasteiger partial charge in [0.2, 0.25) is 0 Å². The number of hydrogen-bond acceptors (Lipinski definition) is 6. The normalized spacial score (nSPS) is 11.0. The zero-order chi connectivity index (χ0) is 17.3. The Hall–Kier alpha value is -2.96. The number of hydrogen-bond donors (Lipinski definition) is 2. The van der Waals surface area contributed by atoms with Gasteiger partial charge in [0.05, 0.1) is 17.9 Å². The molecule has 0 bridgehead atoms. The van der Waals surface area contributed by atoms with E-state index < -0.39 is 10.9 Å². The number of rotatable bonds is 6. The van der Waals surface area contributed by atoms with Gasteiger partial charge in [0.1, 0.15) is 11.4 Å². The van der Waals surface area contributed by atoms with Crippen LogP contribution >= 0.6 is 0 Å². The molecule has 0 aliphatic heterocycles. The predicted octanol–water partition coefficient (Wildman–Crippen LogP) is 1.25. The predicted molar refractivity (Wildman–Crippen MR) is 92.9 cm³/mol. The number of pyridine rings is 1. The lowest BCUT2D eigenvalue weighted by Crippen LogP contribution is -2.37. The molecule has 0 radical (unpaired) electrons.